The van der Waals surface area contributed by atoms with Crippen molar-refractivity contribution in [2.75, 3.05) is 53.6 Å². The zero-order chi connectivity index (χ0) is 15.3. The van der Waals surface area contributed by atoms with Gasteiger partial charge in [-0.2, -0.15) is 0 Å². The van der Waals surface area contributed by atoms with E-state index in [-0.39, 0.29) is 12.1 Å². The van der Waals surface area contributed by atoms with Crippen LogP contribution < -0.4 is 0 Å². The van der Waals surface area contributed by atoms with E-state index in [1.54, 1.807) is 0 Å². The Morgan fingerprint density at radius 1 is 1.24 bits per heavy atom. The lowest BCUT2D eigenvalue weighted by molar-refractivity contribution is -0.156. The molecule has 1 spiro atoms. The molecule has 1 unspecified atom stereocenters. The Kier molecular flexibility index (Phi) is 5.98. The van der Waals surface area contributed by atoms with Gasteiger partial charge in [0.2, 0.25) is 0 Å². The molecule has 122 valence electrons. The highest BCUT2D eigenvalue weighted by Gasteiger charge is 2.40. The molecule has 2 rings (SSSR count). The highest BCUT2D eigenvalue weighted by molar-refractivity contribution is 5.69. The van der Waals surface area contributed by atoms with Gasteiger partial charge in [-0.3, -0.25) is 9.69 Å². The number of aliphatic carboxylic acids is 1. The molecule has 0 aromatic carbocycles. The van der Waals surface area contributed by atoms with Crippen LogP contribution in [-0.2, 0) is 14.3 Å². The second-order valence-corrected chi connectivity index (χ2v) is 6.46. The minimum Gasteiger partial charge on any atom is -0.480 e. The van der Waals surface area contributed by atoms with Crippen molar-refractivity contribution in [3.05, 3.63) is 0 Å². The summed E-state index contributed by atoms with van der Waals surface area (Å²) in [6.07, 6.45) is 3.70. The normalized spacial score (nSPS) is 25.6. The van der Waals surface area contributed by atoms with Crippen LogP contribution in [0, 0.1) is 0 Å². The van der Waals surface area contributed by atoms with E-state index in [1.807, 2.05) is 14.1 Å². The van der Waals surface area contributed by atoms with Gasteiger partial charge in [-0.05, 0) is 39.8 Å². The van der Waals surface area contributed by atoms with Crippen molar-refractivity contribution < 1.29 is 19.4 Å². The number of carbonyl (C=O) groups is 1. The van der Waals surface area contributed by atoms with Gasteiger partial charge < -0.3 is 19.5 Å². The van der Waals surface area contributed by atoms with E-state index >= 15 is 0 Å². The summed E-state index contributed by atoms with van der Waals surface area (Å²) in [5.74, 6) is -0.749. The molecule has 2 heterocycles. The van der Waals surface area contributed by atoms with Gasteiger partial charge in [0.15, 0.2) is 0 Å². The standard InChI is InChI=1S/C15H28N2O4/c1-16(2)6-7-17(12-14(18)19)13-3-8-21-15(11-13)4-9-20-10-5-15/h13H,3-12H2,1-2H3,(H,18,19). The highest BCUT2D eigenvalue weighted by Crippen LogP contribution is 2.35. The van der Waals surface area contributed by atoms with Crippen molar-refractivity contribution in [2.24, 2.45) is 0 Å². The maximum Gasteiger partial charge on any atom is 0.317 e. The lowest BCUT2D eigenvalue weighted by Gasteiger charge is -2.46. The Morgan fingerprint density at radius 3 is 2.57 bits per heavy atom. The van der Waals surface area contributed by atoms with E-state index < -0.39 is 5.97 Å². The molecule has 6 nitrogen and oxygen atoms in total. The smallest absolute Gasteiger partial charge is 0.317 e. The second kappa shape index (κ2) is 7.54. The van der Waals surface area contributed by atoms with Crippen LogP contribution in [0.25, 0.3) is 0 Å². The largest absolute Gasteiger partial charge is 0.480 e. The molecule has 0 amide bonds. The first-order valence-electron chi connectivity index (χ1n) is 7.83. The summed E-state index contributed by atoms with van der Waals surface area (Å²) in [4.78, 5) is 15.4. The number of carboxylic acids is 1. The number of hydrogen-bond acceptors (Lipinski definition) is 5. The van der Waals surface area contributed by atoms with Crippen molar-refractivity contribution >= 4 is 5.97 Å². The van der Waals surface area contributed by atoms with Gasteiger partial charge in [0.05, 0.1) is 12.1 Å². The van der Waals surface area contributed by atoms with Crippen LogP contribution in [0.15, 0.2) is 0 Å². The van der Waals surface area contributed by atoms with Crippen LogP contribution in [0.5, 0.6) is 0 Å². The number of hydrogen-bond donors (Lipinski definition) is 1. The van der Waals surface area contributed by atoms with Crippen LogP contribution in [0.1, 0.15) is 25.7 Å². The maximum absolute atomic E-state index is 11.2. The second-order valence-electron chi connectivity index (χ2n) is 6.46. The summed E-state index contributed by atoms with van der Waals surface area (Å²) in [6, 6.07) is 0.299. The maximum atomic E-state index is 11.2. The average Bonchev–Trinajstić information content (AvgIpc) is 2.44. The van der Waals surface area contributed by atoms with Gasteiger partial charge in [-0.25, -0.2) is 0 Å². The molecule has 0 aromatic heterocycles. The molecular weight excluding hydrogens is 272 g/mol. The van der Waals surface area contributed by atoms with Crippen LogP contribution in [-0.4, -0.2) is 86.1 Å². The fraction of sp³-hybridized carbons (Fsp3) is 0.933. The molecule has 0 aromatic rings. The van der Waals surface area contributed by atoms with Crippen molar-refractivity contribution in [2.45, 2.75) is 37.3 Å². The van der Waals surface area contributed by atoms with E-state index in [0.29, 0.717) is 6.04 Å². The Labute approximate surface area is 127 Å². The fourth-order valence-corrected chi connectivity index (χ4v) is 3.30. The molecule has 21 heavy (non-hydrogen) atoms. The summed E-state index contributed by atoms with van der Waals surface area (Å²) < 4.78 is 11.5. The molecule has 1 N–H and O–H groups in total. The zero-order valence-electron chi connectivity index (χ0n) is 13.2. The van der Waals surface area contributed by atoms with E-state index in [9.17, 15) is 9.90 Å². The van der Waals surface area contributed by atoms with Gasteiger partial charge in [-0.1, -0.05) is 0 Å². The first-order valence-corrected chi connectivity index (χ1v) is 7.83. The molecule has 0 radical (unpaired) electrons. The van der Waals surface area contributed by atoms with Crippen LogP contribution in [0.2, 0.25) is 0 Å². The molecule has 2 aliphatic rings. The molecule has 0 bridgehead atoms. The van der Waals surface area contributed by atoms with Crippen LogP contribution in [0.4, 0.5) is 0 Å². The predicted octanol–water partition coefficient (Wildman–Crippen LogP) is 0.663. The molecule has 2 fully saturated rings. The lowest BCUT2D eigenvalue weighted by Crippen LogP contribution is -2.53. The monoisotopic (exact) mass is 300 g/mol. The van der Waals surface area contributed by atoms with Crippen molar-refractivity contribution in [3.63, 3.8) is 0 Å². The topological polar surface area (TPSA) is 62.2 Å². The molecule has 2 aliphatic heterocycles. The van der Waals surface area contributed by atoms with Gasteiger partial charge in [-0.15, -0.1) is 0 Å². The third-order valence-electron chi connectivity index (χ3n) is 4.56. The van der Waals surface area contributed by atoms with E-state index in [1.165, 1.54) is 0 Å². The number of likely N-dealkylation sites (N-methyl/N-ethyl adjacent to an activating group) is 1. The SMILES string of the molecule is CN(C)CCN(CC(=O)O)C1CCOC2(CCOCC2)C1. The minimum absolute atomic E-state index is 0.0873. The summed E-state index contributed by atoms with van der Waals surface area (Å²) in [5, 5.41) is 9.18. The van der Waals surface area contributed by atoms with E-state index in [4.69, 9.17) is 9.47 Å². The van der Waals surface area contributed by atoms with Crippen molar-refractivity contribution in [1.29, 1.82) is 0 Å². The third-order valence-corrected chi connectivity index (χ3v) is 4.56. The summed E-state index contributed by atoms with van der Waals surface area (Å²) >= 11 is 0. The molecule has 2 saturated heterocycles. The average molecular weight is 300 g/mol. The zero-order valence-corrected chi connectivity index (χ0v) is 13.2. The fourth-order valence-electron chi connectivity index (χ4n) is 3.30. The van der Waals surface area contributed by atoms with Gasteiger partial charge >= 0.3 is 5.97 Å². The third kappa shape index (κ3) is 4.92. The first kappa shape index (κ1) is 16.7. The predicted molar refractivity (Wildman–Crippen MR) is 79.5 cm³/mol. The van der Waals surface area contributed by atoms with Crippen LogP contribution in [0.3, 0.4) is 0 Å². The Balaban J connectivity index is 1.98. The number of carboxylic acid groups (broad SMARTS) is 1. The Morgan fingerprint density at radius 2 is 1.95 bits per heavy atom. The lowest BCUT2D eigenvalue weighted by atomic mass is 9.83. The first-order chi connectivity index (χ1) is 10.0. The Hall–Kier alpha value is -0.690. The van der Waals surface area contributed by atoms with E-state index in [0.717, 1.165) is 58.6 Å². The molecule has 6 heteroatoms. The summed E-state index contributed by atoms with van der Waals surface area (Å²) in [7, 11) is 4.03. The molecule has 1 atom stereocenters. The van der Waals surface area contributed by atoms with Crippen LogP contribution >= 0.6 is 0 Å². The Bertz CT molecular complexity index is 337. The van der Waals surface area contributed by atoms with Gasteiger partial charge in [0.25, 0.3) is 0 Å². The molecule has 0 aliphatic carbocycles. The number of nitrogens with zero attached hydrogens (tertiary/aromatic N) is 2. The molecular formula is C15H28N2O4. The number of ether oxygens (including phenoxy) is 2. The molecule has 0 saturated carbocycles. The van der Waals surface area contributed by atoms with Crippen molar-refractivity contribution in [3.8, 4) is 0 Å². The van der Waals surface area contributed by atoms with Gasteiger partial charge in [0, 0.05) is 39.0 Å². The van der Waals surface area contributed by atoms with Crippen molar-refractivity contribution in [1.82, 2.24) is 9.80 Å². The highest BCUT2D eigenvalue weighted by atomic mass is 16.5. The quantitative estimate of drug-likeness (QED) is 0.778. The number of rotatable bonds is 6. The summed E-state index contributed by atoms with van der Waals surface area (Å²) in [6.45, 7) is 4.01. The van der Waals surface area contributed by atoms with E-state index in [2.05, 4.69) is 9.80 Å². The minimum atomic E-state index is -0.749. The van der Waals surface area contributed by atoms with Gasteiger partial charge in [0.1, 0.15) is 0 Å². The summed E-state index contributed by atoms with van der Waals surface area (Å²) in [5.41, 5.74) is -0.0873.